The first-order chi connectivity index (χ1) is 5.12. The van der Waals surface area contributed by atoms with Crippen LogP contribution in [-0.4, -0.2) is 28.0 Å². The lowest BCUT2D eigenvalue weighted by atomic mass is 9.94. The smallest absolute Gasteiger partial charge is 0.132 e. The van der Waals surface area contributed by atoms with Gasteiger partial charge in [-0.25, -0.2) is 0 Å². The number of thioether (sulfide) groups is 1. The van der Waals surface area contributed by atoms with Crippen molar-refractivity contribution in [3.05, 3.63) is 0 Å². The van der Waals surface area contributed by atoms with Crippen LogP contribution in [0, 0.1) is 0 Å². The number of ketones is 1. The van der Waals surface area contributed by atoms with Gasteiger partial charge in [-0.15, -0.1) is 0 Å². The topological polar surface area (TPSA) is 37.3 Å². The van der Waals surface area contributed by atoms with E-state index < -0.39 is 5.60 Å². The first kappa shape index (κ1) is 9.07. The number of aliphatic hydroxyl groups is 1. The molecule has 2 nitrogen and oxygen atoms in total. The molecule has 0 bridgehead atoms. The molecule has 1 atom stereocenters. The summed E-state index contributed by atoms with van der Waals surface area (Å²) in [6.45, 7) is 1.54. The van der Waals surface area contributed by atoms with Crippen molar-refractivity contribution in [3.63, 3.8) is 0 Å². The third kappa shape index (κ3) is 2.83. The molecule has 1 rings (SSSR count). The Bertz CT molecular complexity index is 150. The summed E-state index contributed by atoms with van der Waals surface area (Å²) >= 11 is 1.74. The van der Waals surface area contributed by atoms with E-state index in [1.54, 1.807) is 11.8 Å². The Balaban J connectivity index is 2.43. The largest absolute Gasteiger partial charge is 0.389 e. The highest BCUT2D eigenvalue weighted by atomic mass is 32.2. The van der Waals surface area contributed by atoms with Crippen molar-refractivity contribution < 1.29 is 9.90 Å². The Morgan fingerprint density at radius 3 is 2.91 bits per heavy atom. The molecule has 64 valence electrons. The van der Waals surface area contributed by atoms with Crippen molar-refractivity contribution in [1.82, 2.24) is 0 Å². The van der Waals surface area contributed by atoms with E-state index in [1.165, 1.54) is 6.92 Å². The van der Waals surface area contributed by atoms with E-state index >= 15 is 0 Å². The quantitative estimate of drug-likeness (QED) is 0.684. The number of carbonyl (C=O) groups excluding carboxylic acids is 1. The molecule has 1 N–H and O–H groups in total. The maximum Gasteiger partial charge on any atom is 0.132 e. The zero-order valence-electron chi connectivity index (χ0n) is 6.80. The lowest BCUT2D eigenvalue weighted by Gasteiger charge is -2.30. The van der Waals surface area contributed by atoms with Gasteiger partial charge in [0.05, 0.1) is 5.60 Å². The Labute approximate surface area is 71.4 Å². The highest BCUT2D eigenvalue weighted by Gasteiger charge is 2.30. The zero-order valence-corrected chi connectivity index (χ0v) is 7.62. The number of hydrogen-bond acceptors (Lipinski definition) is 3. The van der Waals surface area contributed by atoms with E-state index in [1.807, 2.05) is 0 Å². The first-order valence-corrected chi connectivity index (χ1v) is 5.07. The minimum Gasteiger partial charge on any atom is -0.389 e. The molecule has 0 saturated carbocycles. The molecule has 0 aliphatic carbocycles. The molecule has 0 radical (unpaired) electrons. The average Bonchev–Trinajstić information content (AvgIpc) is 1.85. The van der Waals surface area contributed by atoms with Gasteiger partial charge in [0, 0.05) is 12.2 Å². The molecule has 0 aromatic heterocycles. The molecule has 0 aromatic rings. The lowest BCUT2D eigenvalue weighted by Crippen LogP contribution is -2.36. The van der Waals surface area contributed by atoms with Gasteiger partial charge >= 0.3 is 0 Å². The van der Waals surface area contributed by atoms with Crippen molar-refractivity contribution in [2.24, 2.45) is 0 Å². The third-order valence-electron chi connectivity index (χ3n) is 1.88. The van der Waals surface area contributed by atoms with Gasteiger partial charge in [0.15, 0.2) is 0 Å². The van der Waals surface area contributed by atoms with E-state index in [0.717, 1.165) is 24.3 Å². The fourth-order valence-corrected chi connectivity index (χ4v) is 2.56. The van der Waals surface area contributed by atoms with E-state index in [4.69, 9.17) is 0 Å². The fourth-order valence-electron chi connectivity index (χ4n) is 1.44. The van der Waals surface area contributed by atoms with Crippen LogP contribution in [0.4, 0.5) is 0 Å². The predicted molar refractivity (Wildman–Crippen MR) is 46.8 cm³/mol. The predicted octanol–water partition coefficient (Wildman–Crippen LogP) is 1.22. The Hall–Kier alpha value is -0.0200. The van der Waals surface area contributed by atoms with Crippen LogP contribution in [0.25, 0.3) is 0 Å². The van der Waals surface area contributed by atoms with Crippen molar-refractivity contribution in [1.29, 1.82) is 0 Å². The van der Waals surface area contributed by atoms with Gasteiger partial charge in [0.1, 0.15) is 5.78 Å². The molecule has 1 aliphatic heterocycles. The summed E-state index contributed by atoms with van der Waals surface area (Å²) < 4.78 is 0. The zero-order chi connectivity index (χ0) is 8.32. The minimum atomic E-state index is -0.686. The summed E-state index contributed by atoms with van der Waals surface area (Å²) in [6, 6.07) is 0. The van der Waals surface area contributed by atoms with Gasteiger partial charge < -0.3 is 5.11 Å². The van der Waals surface area contributed by atoms with Crippen molar-refractivity contribution in [3.8, 4) is 0 Å². The van der Waals surface area contributed by atoms with Crippen LogP contribution in [0.5, 0.6) is 0 Å². The highest BCUT2D eigenvalue weighted by Crippen LogP contribution is 2.29. The summed E-state index contributed by atoms with van der Waals surface area (Å²) in [5.74, 6) is 1.95. The van der Waals surface area contributed by atoms with Crippen LogP contribution in [0.3, 0.4) is 0 Å². The fraction of sp³-hybridized carbons (Fsp3) is 0.875. The second kappa shape index (κ2) is 3.59. The number of Topliss-reactive ketones (excluding diaryl/α,β-unsaturated/α-hetero) is 1. The summed E-state index contributed by atoms with van der Waals surface area (Å²) in [5, 5.41) is 9.80. The van der Waals surface area contributed by atoms with Gasteiger partial charge in [0.25, 0.3) is 0 Å². The van der Waals surface area contributed by atoms with Crippen LogP contribution >= 0.6 is 11.8 Å². The van der Waals surface area contributed by atoms with Crippen LogP contribution < -0.4 is 0 Å². The Kier molecular flexibility index (Phi) is 2.96. The summed E-state index contributed by atoms with van der Waals surface area (Å²) in [4.78, 5) is 10.7. The normalized spacial score (nSPS) is 31.8. The van der Waals surface area contributed by atoms with E-state index in [9.17, 15) is 9.90 Å². The molecule has 1 unspecified atom stereocenters. The Morgan fingerprint density at radius 2 is 2.45 bits per heavy atom. The molecule has 1 aliphatic rings. The van der Waals surface area contributed by atoms with Gasteiger partial charge in [-0.05, 0) is 25.5 Å². The lowest BCUT2D eigenvalue weighted by molar-refractivity contribution is -0.121. The number of hydrogen-bond donors (Lipinski definition) is 1. The standard InChI is InChI=1S/C8H14O2S/c1-7(9)5-8(10)3-2-4-11-6-8/h10H,2-6H2,1H3. The van der Waals surface area contributed by atoms with Gasteiger partial charge in [-0.2, -0.15) is 11.8 Å². The maximum atomic E-state index is 10.7. The van der Waals surface area contributed by atoms with Crippen LogP contribution in [-0.2, 0) is 4.79 Å². The summed E-state index contributed by atoms with van der Waals surface area (Å²) in [6.07, 6.45) is 2.16. The molecule has 0 spiro atoms. The van der Waals surface area contributed by atoms with Crippen LogP contribution in [0.15, 0.2) is 0 Å². The highest BCUT2D eigenvalue weighted by molar-refractivity contribution is 7.99. The van der Waals surface area contributed by atoms with Crippen molar-refractivity contribution in [2.45, 2.75) is 31.8 Å². The van der Waals surface area contributed by atoms with Crippen molar-refractivity contribution >= 4 is 17.5 Å². The average molecular weight is 174 g/mol. The van der Waals surface area contributed by atoms with Gasteiger partial charge in [-0.1, -0.05) is 0 Å². The molecule has 0 amide bonds. The second-order valence-electron chi connectivity index (χ2n) is 3.26. The molecule has 0 aromatic carbocycles. The van der Waals surface area contributed by atoms with Gasteiger partial charge in [0.2, 0.25) is 0 Å². The monoisotopic (exact) mass is 174 g/mol. The number of rotatable bonds is 2. The van der Waals surface area contributed by atoms with Crippen LogP contribution in [0.2, 0.25) is 0 Å². The van der Waals surface area contributed by atoms with E-state index in [2.05, 4.69) is 0 Å². The SMILES string of the molecule is CC(=O)CC1(O)CCCSC1. The molecule has 1 heterocycles. The molecule has 1 fully saturated rings. The Morgan fingerprint density at radius 1 is 1.73 bits per heavy atom. The third-order valence-corrected chi connectivity index (χ3v) is 3.20. The van der Waals surface area contributed by atoms with Crippen LogP contribution in [0.1, 0.15) is 26.2 Å². The first-order valence-electron chi connectivity index (χ1n) is 3.92. The maximum absolute atomic E-state index is 10.7. The molecular formula is C8H14O2S. The summed E-state index contributed by atoms with van der Waals surface area (Å²) in [5.41, 5.74) is -0.686. The van der Waals surface area contributed by atoms with E-state index in [0.29, 0.717) is 6.42 Å². The van der Waals surface area contributed by atoms with Crippen molar-refractivity contribution in [2.75, 3.05) is 11.5 Å². The van der Waals surface area contributed by atoms with E-state index in [-0.39, 0.29) is 5.78 Å². The minimum absolute atomic E-state index is 0.0926. The molecular weight excluding hydrogens is 160 g/mol. The molecule has 3 heteroatoms. The molecule has 11 heavy (non-hydrogen) atoms. The molecule has 1 saturated heterocycles. The van der Waals surface area contributed by atoms with Gasteiger partial charge in [-0.3, -0.25) is 4.79 Å². The second-order valence-corrected chi connectivity index (χ2v) is 4.36. The number of carbonyl (C=O) groups is 1. The summed E-state index contributed by atoms with van der Waals surface area (Å²) in [7, 11) is 0.